The lowest BCUT2D eigenvalue weighted by Gasteiger charge is -2.10. The van der Waals surface area contributed by atoms with E-state index in [4.69, 9.17) is 10.5 Å². The van der Waals surface area contributed by atoms with Gasteiger partial charge in [-0.15, -0.1) is 0 Å². The van der Waals surface area contributed by atoms with Gasteiger partial charge < -0.3 is 15.8 Å². The van der Waals surface area contributed by atoms with Gasteiger partial charge in [-0.2, -0.15) is 0 Å². The minimum Gasteiger partial charge on any atom is -0.496 e. The molecule has 5 heteroatoms. The van der Waals surface area contributed by atoms with Gasteiger partial charge in [-0.25, -0.2) is 0 Å². The molecule has 3 N–H and O–H groups in total. The van der Waals surface area contributed by atoms with E-state index in [0.717, 1.165) is 10.0 Å². The molecule has 4 nitrogen and oxygen atoms in total. The van der Waals surface area contributed by atoms with Crippen LogP contribution in [0.2, 0.25) is 0 Å². The molecule has 2 aromatic rings. The molecule has 0 fully saturated rings. The van der Waals surface area contributed by atoms with E-state index >= 15 is 0 Å². The quantitative estimate of drug-likeness (QED) is 0.843. The highest BCUT2D eigenvalue weighted by molar-refractivity contribution is 9.10. The number of carbonyl (C=O) groups is 1. The predicted octanol–water partition coefficient (Wildman–Crippen LogP) is 3.60. The summed E-state index contributed by atoms with van der Waals surface area (Å²) in [7, 11) is 1.58. The summed E-state index contributed by atoms with van der Waals surface area (Å²) in [5.74, 6) is 0.490. The van der Waals surface area contributed by atoms with Crippen LogP contribution in [0.1, 0.15) is 15.9 Å². The second-order valence-electron chi connectivity index (χ2n) is 4.38. The zero-order valence-corrected chi connectivity index (χ0v) is 12.8. The minimum absolute atomic E-state index is 0.193. The Labute approximate surface area is 126 Å². The smallest absolute Gasteiger partial charge is 0.255 e. The van der Waals surface area contributed by atoms with E-state index in [1.54, 1.807) is 37.4 Å². The minimum atomic E-state index is -0.193. The number of anilines is 2. The van der Waals surface area contributed by atoms with Crippen molar-refractivity contribution in [1.82, 2.24) is 0 Å². The summed E-state index contributed by atoms with van der Waals surface area (Å²) in [4.78, 5) is 12.2. The Morgan fingerprint density at radius 1 is 1.25 bits per heavy atom. The number of hydrogen-bond acceptors (Lipinski definition) is 3. The van der Waals surface area contributed by atoms with Crippen LogP contribution in [0.15, 0.2) is 40.9 Å². The number of benzene rings is 2. The molecule has 0 radical (unpaired) electrons. The molecule has 0 aliphatic carbocycles. The highest BCUT2D eigenvalue weighted by atomic mass is 79.9. The Morgan fingerprint density at radius 2 is 2.00 bits per heavy atom. The predicted molar refractivity (Wildman–Crippen MR) is 84.2 cm³/mol. The average molecular weight is 335 g/mol. The van der Waals surface area contributed by atoms with Gasteiger partial charge in [-0.3, -0.25) is 4.79 Å². The molecular formula is C15H15BrN2O2. The summed E-state index contributed by atoms with van der Waals surface area (Å²) in [5, 5.41) is 2.85. The van der Waals surface area contributed by atoms with E-state index in [9.17, 15) is 4.79 Å². The molecule has 0 aliphatic heterocycles. The molecule has 0 atom stereocenters. The number of halogens is 1. The van der Waals surface area contributed by atoms with Gasteiger partial charge in [-0.1, -0.05) is 6.07 Å². The summed E-state index contributed by atoms with van der Waals surface area (Å²) in [6.45, 7) is 1.92. The Hall–Kier alpha value is -2.01. The summed E-state index contributed by atoms with van der Waals surface area (Å²) in [6, 6.07) is 10.6. The Morgan fingerprint density at radius 3 is 2.65 bits per heavy atom. The van der Waals surface area contributed by atoms with Crippen LogP contribution < -0.4 is 15.8 Å². The molecular weight excluding hydrogens is 320 g/mol. The molecule has 0 aromatic heterocycles. The first-order valence-electron chi connectivity index (χ1n) is 6.02. The van der Waals surface area contributed by atoms with Gasteiger partial charge in [-0.05, 0) is 58.7 Å². The first-order chi connectivity index (χ1) is 9.51. The molecule has 1 amide bonds. The van der Waals surface area contributed by atoms with Crippen molar-refractivity contribution in [3.05, 3.63) is 52.0 Å². The number of amides is 1. The second-order valence-corrected chi connectivity index (χ2v) is 5.23. The van der Waals surface area contributed by atoms with E-state index < -0.39 is 0 Å². The third kappa shape index (κ3) is 3.11. The molecule has 2 aromatic carbocycles. The van der Waals surface area contributed by atoms with E-state index in [1.165, 1.54) is 0 Å². The van der Waals surface area contributed by atoms with Crippen LogP contribution in [0.4, 0.5) is 11.4 Å². The zero-order valence-electron chi connectivity index (χ0n) is 11.2. The fourth-order valence-corrected chi connectivity index (χ4v) is 2.32. The average Bonchev–Trinajstić information content (AvgIpc) is 2.42. The fourth-order valence-electron chi connectivity index (χ4n) is 1.78. The lowest BCUT2D eigenvalue weighted by Crippen LogP contribution is -2.13. The topological polar surface area (TPSA) is 64.3 Å². The standard InChI is InChI=1S/C15H15BrN2O2/c1-9-3-5-11(17)8-13(9)18-15(19)10-4-6-14(20-2)12(16)7-10/h3-8H,17H2,1-2H3,(H,18,19). The first kappa shape index (κ1) is 14.4. The van der Waals surface area contributed by atoms with Gasteiger partial charge in [0.15, 0.2) is 0 Å². The molecule has 0 aliphatic rings. The third-order valence-corrected chi connectivity index (χ3v) is 3.54. The van der Waals surface area contributed by atoms with Gasteiger partial charge in [0.1, 0.15) is 5.75 Å². The van der Waals surface area contributed by atoms with Crippen molar-refractivity contribution >= 4 is 33.2 Å². The van der Waals surface area contributed by atoms with Crippen LogP contribution in [0.3, 0.4) is 0 Å². The normalized spacial score (nSPS) is 10.2. The Kier molecular flexibility index (Phi) is 4.29. The molecule has 0 unspecified atom stereocenters. The van der Waals surface area contributed by atoms with Crippen molar-refractivity contribution < 1.29 is 9.53 Å². The summed E-state index contributed by atoms with van der Waals surface area (Å²) in [5.41, 5.74) is 8.55. The van der Waals surface area contributed by atoms with Crippen molar-refractivity contribution in [2.75, 3.05) is 18.2 Å². The van der Waals surface area contributed by atoms with E-state index in [0.29, 0.717) is 22.7 Å². The van der Waals surface area contributed by atoms with Crippen LogP contribution in [-0.2, 0) is 0 Å². The number of aryl methyl sites for hydroxylation is 1. The molecule has 2 rings (SSSR count). The van der Waals surface area contributed by atoms with Gasteiger partial charge in [0.25, 0.3) is 5.91 Å². The molecule has 0 bridgehead atoms. The van der Waals surface area contributed by atoms with Crippen LogP contribution >= 0.6 is 15.9 Å². The number of nitrogens with one attached hydrogen (secondary N) is 1. The summed E-state index contributed by atoms with van der Waals surface area (Å²) >= 11 is 3.36. The number of hydrogen-bond donors (Lipinski definition) is 2. The number of carbonyl (C=O) groups excluding carboxylic acids is 1. The molecule has 0 heterocycles. The summed E-state index contributed by atoms with van der Waals surface area (Å²) < 4.78 is 5.87. The van der Waals surface area contributed by atoms with E-state index in [2.05, 4.69) is 21.2 Å². The second kappa shape index (κ2) is 5.96. The highest BCUT2D eigenvalue weighted by Gasteiger charge is 2.10. The van der Waals surface area contributed by atoms with E-state index in [1.807, 2.05) is 13.0 Å². The van der Waals surface area contributed by atoms with E-state index in [-0.39, 0.29) is 5.91 Å². The third-order valence-electron chi connectivity index (χ3n) is 2.92. The molecule has 0 spiro atoms. The van der Waals surface area contributed by atoms with Crippen LogP contribution in [0.5, 0.6) is 5.75 Å². The number of methoxy groups -OCH3 is 1. The van der Waals surface area contributed by atoms with Gasteiger partial charge >= 0.3 is 0 Å². The van der Waals surface area contributed by atoms with Crippen LogP contribution in [-0.4, -0.2) is 13.0 Å². The van der Waals surface area contributed by atoms with Crippen LogP contribution in [0, 0.1) is 6.92 Å². The Balaban J connectivity index is 2.24. The number of nitrogens with two attached hydrogens (primary N) is 1. The van der Waals surface area contributed by atoms with Crippen molar-refractivity contribution in [1.29, 1.82) is 0 Å². The largest absolute Gasteiger partial charge is 0.496 e. The van der Waals surface area contributed by atoms with Crippen molar-refractivity contribution in [3.8, 4) is 5.75 Å². The number of rotatable bonds is 3. The molecule has 104 valence electrons. The molecule has 20 heavy (non-hydrogen) atoms. The first-order valence-corrected chi connectivity index (χ1v) is 6.81. The number of nitrogen functional groups attached to an aromatic ring is 1. The van der Waals surface area contributed by atoms with Gasteiger partial charge in [0.2, 0.25) is 0 Å². The highest BCUT2D eigenvalue weighted by Crippen LogP contribution is 2.26. The lowest BCUT2D eigenvalue weighted by molar-refractivity contribution is 0.102. The maximum atomic E-state index is 12.2. The van der Waals surface area contributed by atoms with Crippen molar-refractivity contribution in [2.24, 2.45) is 0 Å². The van der Waals surface area contributed by atoms with Crippen molar-refractivity contribution in [2.45, 2.75) is 6.92 Å². The maximum Gasteiger partial charge on any atom is 0.255 e. The van der Waals surface area contributed by atoms with Gasteiger partial charge in [0.05, 0.1) is 11.6 Å². The maximum absolute atomic E-state index is 12.2. The Bertz CT molecular complexity index is 656. The van der Waals surface area contributed by atoms with Gasteiger partial charge in [0, 0.05) is 16.9 Å². The SMILES string of the molecule is COc1ccc(C(=O)Nc2cc(N)ccc2C)cc1Br. The number of ether oxygens (including phenoxy) is 1. The lowest BCUT2D eigenvalue weighted by atomic mass is 10.1. The van der Waals surface area contributed by atoms with Crippen molar-refractivity contribution in [3.63, 3.8) is 0 Å². The van der Waals surface area contributed by atoms with Crippen LogP contribution in [0.25, 0.3) is 0 Å². The fraction of sp³-hybridized carbons (Fsp3) is 0.133. The molecule has 0 saturated carbocycles. The zero-order chi connectivity index (χ0) is 14.7. The molecule has 0 saturated heterocycles. The summed E-state index contributed by atoms with van der Waals surface area (Å²) in [6.07, 6.45) is 0. The monoisotopic (exact) mass is 334 g/mol.